The highest BCUT2D eigenvalue weighted by Gasteiger charge is 2.16. The second-order valence-corrected chi connectivity index (χ2v) is 6.29. The lowest BCUT2D eigenvalue weighted by molar-refractivity contribution is -0.121. The fraction of sp³-hybridized carbons (Fsp3) is 0.211. The van der Waals surface area contributed by atoms with Gasteiger partial charge in [0.15, 0.2) is 11.6 Å². The van der Waals surface area contributed by atoms with Crippen LogP contribution in [-0.4, -0.2) is 20.9 Å². The molecule has 3 rings (SSSR count). The molecule has 2 heterocycles. The quantitative estimate of drug-likeness (QED) is 0.717. The summed E-state index contributed by atoms with van der Waals surface area (Å²) in [4.78, 5) is 34.8. The summed E-state index contributed by atoms with van der Waals surface area (Å²) in [6.45, 7) is 3.42. The first-order valence-electron chi connectivity index (χ1n) is 8.32. The van der Waals surface area contributed by atoms with E-state index in [-0.39, 0.29) is 28.7 Å². The maximum absolute atomic E-state index is 13.4. The number of halogens is 2. The Kier molecular flexibility index (Phi) is 5.13. The van der Waals surface area contributed by atoms with Crippen LogP contribution in [0.2, 0.25) is 0 Å². The largest absolute Gasteiger partial charge is 0.349 e. The zero-order valence-electron chi connectivity index (χ0n) is 15.0. The van der Waals surface area contributed by atoms with E-state index in [0.29, 0.717) is 11.3 Å². The SMILES string of the molecule is Cc1nc(C#N)ncc1[C@H](C)NC(=O)Cc1cc2cc(F)c(F)cc2[nH]c1=O. The van der Waals surface area contributed by atoms with Crippen molar-refractivity contribution >= 4 is 16.8 Å². The molecule has 0 radical (unpaired) electrons. The molecule has 28 heavy (non-hydrogen) atoms. The average molecular weight is 383 g/mol. The minimum absolute atomic E-state index is 0.0335. The zero-order chi connectivity index (χ0) is 20.4. The molecule has 2 aromatic heterocycles. The lowest BCUT2D eigenvalue weighted by atomic mass is 10.1. The lowest BCUT2D eigenvalue weighted by Gasteiger charge is -2.15. The van der Waals surface area contributed by atoms with Crippen molar-refractivity contribution in [2.24, 2.45) is 0 Å². The monoisotopic (exact) mass is 383 g/mol. The molecule has 0 aliphatic carbocycles. The van der Waals surface area contributed by atoms with Crippen molar-refractivity contribution in [2.45, 2.75) is 26.3 Å². The van der Waals surface area contributed by atoms with Gasteiger partial charge in [0.05, 0.1) is 18.0 Å². The van der Waals surface area contributed by atoms with Crippen LogP contribution in [0.1, 0.15) is 35.6 Å². The Hall–Kier alpha value is -3.67. The van der Waals surface area contributed by atoms with E-state index in [9.17, 15) is 18.4 Å². The summed E-state index contributed by atoms with van der Waals surface area (Å²) in [6.07, 6.45) is 1.22. The number of rotatable bonds is 4. The van der Waals surface area contributed by atoms with E-state index in [2.05, 4.69) is 20.3 Å². The van der Waals surface area contributed by atoms with Crippen molar-refractivity contribution in [1.82, 2.24) is 20.3 Å². The number of nitriles is 1. The molecule has 142 valence electrons. The molecular weight excluding hydrogens is 368 g/mol. The molecule has 7 nitrogen and oxygen atoms in total. The molecular formula is C19H15F2N5O2. The number of carbonyl (C=O) groups excluding carboxylic acids is 1. The van der Waals surface area contributed by atoms with E-state index in [4.69, 9.17) is 5.26 Å². The Balaban J connectivity index is 1.79. The molecule has 9 heteroatoms. The Morgan fingerprint density at radius 1 is 1.32 bits per heavy atom. The van der Waals surface area contributed by atoms with Crippen LogP contribution in [-0.2, 0) is 11.2 Å². The molecule has 0 aliphatic rings. The summed E-state index contributed by atoms with van der Waals surface area (Å²) in [5, 5.41) is 11.8. The van der Waals surface area contributed by atoms with Gasteiger partial charge in [-0.2, -0.15) is 5.26 Å². The van der Waals surface area contributed by atoms with E-state index in [0.717, 1.165) is 12.1 Å². The Bertz CT molecular complexity index is 1180. The number of pyridine rings is 1. The van der Waals surface area contributed by atoms with Crippen LogP contribution < -0.4 is 10.9 Å². The van der Waals surface area contributed by atoms with Crippen LogP contribution in [0, 0.1) is 29.9 Å². The highest BCUT2D eigenvalue weighted by atomic mass is 19.2. The Labute approximate surface area is 158 Å². The number of hydrogen-bond donors (Lipinski definition) is 2. The number of nitrogens with zero attached hydrogens (tertiary/aromatic N) is 3. The van der Waals surface area contributed by atoms with Crippen molar-refractivity contribution < 1.29 is 13.6 Å². The number of H-pyrrole nitrogens is 1. The van der Waals surface area contributed by atoms with Gasteiger partial charge in [0, 0.05) is 34.5 Å². The fourth-order valence-corrected chi connectivity index (χ4v) is 2.88. The molecule has 1 aromatic carbocycles. The van der Waals surface area contributed by atoms with Crippen LogP contribution >= 0.6 is 0 Å². The predicted molar refractivity (Wildman–Crippen MR) is 96.2 cm³/mol. The first kappa shape index (κ1) is 19.1. The van der Waals surface area contributed by atoms with Gasteiger partial charge in [-0.25, -0.2) is 18.7 Å². The standard InChI is InChI=1S/C19H15F2N5O2/c1-9-13(8-23-17(7-22)24-9)10(2)25-18(27)5-12-3-11-4-14(20)15(21)6-16(11)26-19(12)28/h3-4,6,8,10H,5H2,1-2H3,(H,25,27)(H,26,28)/t10-/m0/s1. The first-order valence-corrected chi connectivity index (χ1v) is 8.32. The van der Waals surface area contributed by atoms with Crippen molar-refractivity contribution in [2.75, 3.05) is 0 Å². The van der Waals surface area contributed by atoms with E-state index in [1.807, 2.05) is 6.07 Å². The minimum Gasteiger partial charge on any atom is -0.349 e. The Morgan fingerprint density at radius 2 is 2.04 bits per heavy atom. The van der Waals surface area contributed by atoms with E-state index in [1.165, 1.54) is 12.3 Å². The third-order valence-electron chi connectivity index (χ3n) is 4.27. The number of hydrogen-bond acceptors (Lipinski definition) is 5. The third-order valence-corrected chi connectivity index (χ3v) is 4.27. The normalized spacial score (nSPS) is 11.8. The van der Waals surface area contributed by atoms with Gasteiger partial charge in [0.1, 0.15) is 6.07 Å². The molecule has 0 bridgehead atoms. The van der Waals surface area contributed by atoms with Crippen molar-refractivity contribution in [3.8, 4) is 6.07 Å². The Morgan fingerprint density at radius 3 is 2.71 bits per heavy atom. The van der Waals surface area contributed by atoms with Crippen LogP contribution in [0.25, 0.3) is 10.9 Å². The predicted octanol–water partition coefficient (Wildman–Crippen LogP) is 2.20. The smallest absolute Gasteiger partial charge is 0.252 e. The number of amides is 1. The number of aryl methyl sites for hydroxylation is 1. The summed E-state index contributed by atoms with van der Waals surface area (Å²) in [7, 11) is 0. The van der Waals surface area contributed by atoms with Gasteiger partial charge in [-0.05, 0) is 26.0 Å². The van der Waals surface area contributed by atoms with Crippen molar-refractivity contribution in [1.29, 1.82) is 5.26 Å². The van der Waals surface area contributed by atoms with Crippen LogP contribution in [0.15, 0.2) is 29.2 Å². The number of nitrogens with one attached hydrogen (secondary N) is 2. The van der Waals surface area contributed by atoms with Gasteiger partial charge < -0.3 is 10.3 Å². The molecule has 1 atom stereocenters. The van der Waals surface area contributed by atoms with E-state index >= 15 is 0 Å². The summed E-state index contributed by atoms with van der Waals surface area (Å²) in [5.41, 5.74) is 0.903. The average Bonchev–Trinajstić information content (AvgIpc) is 2.63. The van der Waals surface area contributed by atoms with Gasteiger partial charge >= 0.3 is 0 Å². The number of benzene rings is 1. The topological polar surface area (TPSA) is 112 Å². The second-order valence-electron chi connectivity index (χ2n) is 6.29. The molecule has 0 aliphatic heterocycles. The van der Waals surface area contributed by atoms with Crippen molar-refractivity contribution in [3.63, 3.8) is 0 Å². The maximum atomic E-state index is 13.4. The van der Waals surface area contributed by atoms with Gasteiger partial charge in [0.2, 0.25) is 11.7 Å². The van der Waals surface area contributed by atoms with Gasteiger partial charge in [0.25, 0.3) is 5.56 Å². The minimum atomic E-state index is -1.07. The van der Waals surface area contributed by atoms with Crippen LogP contribution in [0.5, 0.6) is 0 Å². The number of carbonyl (C=O) groups is 1. The summed E-state index contributed by atoms with van der Waals surface area (Å²) in [5.74, 6) is -2.52. The van der Waals surface area contributed by atoms with Crippen LogP contribution in [0.4, 0.5) is 8.78 Å². The van der Waals surface area contributed by atoms with E-state index in [1.54, 1.807) is 13.8 Å². The molecule has 0 spiro atoms. The molecule has 0 unspecified atom stereocenters. The summed E-state index contributed by atoms with van der Waals surface area (Å²) in [6, 6.07) is 4.60. The number of fused-ring (bicyclic) bond motifs is 1. The molecule has 0 saturated carbocycles. The lowest BCUT2D eigenvalue weighted by Crippen LogP contribution is -2.30. The van der Waals surface area contributed by atoms with Gasteiger partial charge in [-0.3, -0.25) is 9.59 Å². The van der Waals surface area contributed by atoms with Gasteiger partial charge in [-0.1, -0.05) is 0 Å². The summed E-state index contributed by atoms with van der Waals surface area (Å²) >= 11 is 0. The number of aromatic nitrogens is 3. The zero-order valence-corrected chi connectivity index (χ0v) is 15.0. The van der Waals surface area contributed by atoms with E-state index < -0.39 is 29.1 Å². The second kappa shape index (κ2) is 7.52. The van der Waals surface area contributed by atoms with Gasteiger partial charge in [-0.15, -0.1) is 0 Å². The molecule has 0 fully saturated rings. The fourth-order valence-electron chi connectivity index (χ4n) is 2.88. The highest BCUT2D eigenvalue weighted by Crippen LogP contribution is 2.17. The number of aromatic amines is 1. The summed E-state index contributed by atoms with van der Waals surface area (Å²) < 4.78 is 26.7. The molecule has 2 N–H and O–H groups in total. The first-order chi connectivity index (χ1) is 13.3. The molecule has 3 aromatic rings. The molecule has 1 amide bonds. The molecule has 0 saturated heterocycles. The maximum Gasteiger partial charge on any atom is 0.252 e. The van der Waals surface area contributed by atoms with Crippen LogP contribution in [0.3, 0.4) is 0 Å². The highest BCUT2D eigenvalue weighted by molar-refractivity contribution is 5.83. The van der Waals surface area contributed by atoms with Crippen molar-refractivity contribution in [3.05, 3.63) is 69.0 Å². The third kappa shape index (κ3) is 3.86.